The Kier molecular flexibility index (Phi) is 9.96. The van der Waals surface area contributed by atoms with Crippen LogP contribution in [0.4, 0.5) is 0 Å². The van der Waals surface area contributed by atoms with E-state index in [1.165, 1.54) is 12.8 Å². The van der Waals surface area contributed by atoms with Gasteiger partial charge >= 0.3 is 18.9 Å². The Morgan fingerprint density at radius 3 is 1.20 bits per heavy atom. The maximum absolute atomic E-state index is 4.94. The van der Waals surface area contributed by atoms with Crippen molar-refractivity contribution in [1.29, 1.82) is 0 Å². The molecule has 1 fully saturated rings. The number of ether oxygens (including phenoxy) is 1. The van der Waals surface area contributed by atoms with Gasteiger partial charge in [-0.1, -0.05) is 39.3 Å². The molecular weight excluding hydrogens is 211 g/mol. The fourth-order valence-corrected chi connectivity index (χ4v) is 12.2. The molecule has 1 rings (SSSR count). The van der Waals surface area contributed by atoms with Gasteiger partial charge in [-0.2, -0.15) is 0 Å². The third-order valence-corrected chi connectivity index (χ3v) is 8.62. The van der Waals surface area contributed by atoms with Gasteiger partial charge < -0.3 is 10.4 Å². The first-order chi connectivity index (χ1) is 6.21. The summed E-state index contributed by atoms with van der Waals surface area (Å²) < 4.78 is 4.94. The van der Waals surface area contributed by atoms with E-state index in [-0.39, 0.29) is 18.9 Å². The zero-order valence-electron chi connectivity index (χ0n) is 11.8. The van der Waals surface area contributed by atoms with Crippen LogP contribution < -0.4 is 18.9 Å². The van der Waals surface area contributed by atoms with Gasteiger partial charge in [0.1, 0.15) is 0 Å². The third kappa shape index (κ3) is 17.6. The molecule has 0 N–H and O–H groups in total. The molecule has 1 nitrogen and oxygen atoms in total. The van der Waals surface area contributed by atoms with Crippen LogP contribution in [0, 0.1) is 5.67 Å². The minimum Gasteiger partial charge on any atom is -0.381 e. The van der Waals surface area contributed by atoms with Crippen LogP contribution in [0.1, 0.15) is 12.8 Å². The van der Waals surface area contributed by atoms with Crippen LogP contribution in [0.2, 0.25) is 39.3 Å². The molecular formula is C11H27LiOSi2. The Bertz CT molecular complexity index is 126. The van der Waals surface area contributed by atoms with Crippen molar-refractivity contribution in [2.45, 2.75) is 52.1 Å². The molecule has 0 spiro atoms. The summed E-state index contributed by atoms with van der Waals surface area (Å²) in [4.78, 5) is 0. The molecule has 0 aromatic heterocycles. The van der Waals surface area contributed by atoms with Gasteiger partial charge in [0.05, 0.1) is 0 Å². The van der Waals surface area contributed by atoms with Gasteiger partial charge in [0, 0.05) is 13.2 Å². The van der Waals surface area contributed by atoms with E-state index in [1.54, 1.807) is 0 Å². The Hall–Kier alpha value is 0.991. The molecule has 0 aromatic carbocycles. The molecule has 15 heavy (non-hydrogen) atoms. The predicted octanol–water partition coefficient (Wildman–Crippen LogP) is 0.746. The summed E-state index contributed by atoms with van der Waals surface area (Å²) in [6, 6.07) is 0. The van der Waals surface area contributed by atoms with Crippen molar-refractivity contribution in [3.05, 3.63) is 5.67 Å². The second-order valence-electron chi connectivity index (χ2n) is 6.20. The van der Waals surface area contributed by atoms with Crippen molar-refractivity contribution in [3.63, 3.8) is 0 Å². The topological polar surface area (TPSA) is 9.23 Å². The van der Waals surface area contributed by atoms with E-state index in [0.29, 0.717) is 0 Å². The quantitative estimate of drug-likeness (QED) is 0.509. The van der Waals surface area contributed by atoms with Crippen molar-refractivity contribution in [2.75, 3.05) is 13.2 Å². The largest absolute Gasteiger partial charge is 1.00 e. The number of hydrogen-bond donors (Lipinski definition) is 0. The Labute approximate surface area is 111 Å². The van der Waals surface area contributed by atoms with Crippen LogP contribution >= 0.6 is 0 Å². The van der Waals surface area contributed by atoms with Crippen LogP contribution in [0.5, 0.6) is 0 Å². The minimum absolute atomic E-state index is 0. The minimum atomic E-state index is -0.856. The van der Waals surface area contributed by atoms with Gasteiger partial charge in [-0.25, -0.2) is 0 Å². The Morgan fingerprint density at radius 2 is 1.13 bits per heavy atom. The van der Waals surface area contributed by atoms with Crippen molar-refractivity contribution in [2.24, 2.45) is 0 Å². The predicted molar refractivity (Wildman–Crippen MR) is 71.0 cm³/mol. The average molecular weight is 238 g/mol. The summed E-state index contributed by atoms with van der Waals surface area (Å²) >= 11 is 0. The van der Waals surface area contributed by atoms with Gasteiger partial charge in [0.15, 0.2) is 0 Å². The molecule has 1 aliphatic rings. The van der Waals surface area contributed by atoms with E-state index in [9.17, 15) is 0 Å². The first kappa shape index (κ1) is 18.4. The maximum atomic E-state index is 4.94. The van der Waals surface area contributed by atoms with E-state index >= 15 is 0 Å². The summed E-state index contributed by atoms with van der Waals surface area (Å²) in [5, 5.41) is 0. The summed E-state index contributed by atoms with van der Waals surface area (Å²) in [6.07, 6.45) is 2.56. The van der Waals surface area contributed by atoms with Crippen molar-refractivity contribution in [1.82, 2.24) is 0 Å². The number of rotatable bonds is 2. The normalized spacial score (nSPS) is 16.4. The zero-order chi connectivity index (χ0) is 11.2. The van der Waals surface area contributed by atoms with Crippen molar-refractivity contribution < 1.29 is 23.6 Å². The molecule has 0 saturated carbocycles. The van der Waals surface area contributed by atoms with Gasteiger partial charge in [-0.3, -0.25) is 0 Å². The van der Waals surface area contributed by atoms with Gasteiger partial charge in [0.2, 0.25) is 0 Å². The molecule has 0 amide bonds. The molecule has 0 radical (unpaired) electrons. The zero-order valence-corrected chi connectivity index (χ0v) is 13.8. The third-order valence-electron chi connectivity index (χ3n) is 1.69. The second-order valence-corrected chi connectivity index (χ2v) is 16.8. The van der Waals surface area contributed by atoms with Crippen LogP contribution in [-0.4, -0.2) is 29.4 Å². The fraction of sp³-hybridized carbons (Fsp3) is 0.909. The summed E-state index contributed by atoms with van der Waals surface area (Å²) in [6.45, 7) is 16.4. The Morgan fingerprint density at radius 1 is 0.800 bits per heavy atom. The van der Waals surface area contributed by atoms with E-state index < -0.39 is 16.1 Å². The van der Waals surface area contributed by atoms with Crippen LogP contribution in [0.15, 0.2) is 0 Å². The molecule has 4 heteroatoms. The summed E-state index contributed by atoms with van der Waals surface area (Å²) in [7, 11) is -1.71. The van der Waals surface area contributed by atoms with E-state index in [4.69, 9.17) is 4.74 Å². The molecule has 0 aromatic rings. The smallest absolute Gasteiger partial charge is 0.381 e. The second kappa shape index (κ2) is 8.14. The molecule has 0 aliphatic carbocycles. The molecule has 1 saturated heterocycles. The van der Waals surface area contributed by atoms with Gasteiger partial charge in [0.25, 0.3) is 0 Å². The van der Waals surface area contributed by atoms with E-state index in [1.807, 2.05) is 0 Å². The van der Waals surface area contributed by atoms with E-state index in [2.05, 4.69) is 44.9 Å². The van der Waals surface area contributed by atoms with Crippen molar-refractivity contribution in [3.8, 4) is 0 Å². The monoisotopic (exact) mass is 238 g/mol. The summed E-state index contributed by atoms with van der Waals surface area (Å²) in [5.41, 5.74) is 2.65. The van der Waals surface area contributed by atoms with Crippen molar-refractivity contribution >= 4 is 16.1 Å². The van der Waals surface area contributed by atoms with Gasteiger partial charge in [-0.05, 0) is 12.8 Å². The summed E-state index contributed by atoms with van der Waals surface area (Å²) in [5.74, 6) is 0. The molecule has 0 atom stereocenters. The van der Waals surface area contributed by atoms with Crippen LogP contribution in [0.3, 0.4) is 0 Å². The SMILES string of the molecule is C1CCOC1.C[Si](C)(C)[CH-][Si](C)(C)C.[Li+]. The van der Waals surface area contributed by atoms with Crippen LogP contribution in [-0.2, 0) is 4.74 Å². The van der Waals surface area contributed by atoms with Gasteiger partial charge in [-0.15, -0.1) is 16.1 Å². The molecule has 0 unspecified atom stereocenters. The molecule has 0 bridgehead atoms. The maximum Gasteiger partial charge on any atom is 1.00 e. The standard InChI is InChI=1S/C7H19Si2.C4H8O.Li/c1-8(2,3)7-9(4,5)6;1-2-4-5-3-1;/h7H,1-6H3;1-4H2;/q-1;;+1. The fourth-order valence-electron chi connectivity index (χ4n) is 1.81. The van der Waals surface area contributed by atoms with Crippen LogP contribution in [0.25, 0.3) is 0 Å². The number of hydrogen-bond acceptors (Lipinski definition) is 1. The molecule has 1 heterocycles. The average Bonchev–Trinajstić information content (AvgIpc) is 2.29. The van der Waals surface area contributed by atoms with E-state index in [0.717, 1.165) is 13.2 Å². The first-order valence-corrected chi connectivity index (χ1v) is 12.8. The first-order valence-electron chi connectivity index (χ1n) is 5.65. The molecule has 1 aliphatic heterocycles. The Balaban J connectivity index is 0. The molecule has 86 valence electrons.